The lowest BCUT2D eigenvalue weighted by Crippen LogP contribution is -2.29. The zero-order chi connectivity index (χ0) is 17.9. The molecule has 130 valence electrons. The Labute approximate surface area is 140 Å². The Bertz CT molecular complexity index is 828. The molecule has 0 heterocycles. The molecule has 0 bridgehead atoms. The summed E-state index contributed by atoms with van der Waals surface area (Å²) in [6.45, 7) is 5.39. The predicted octanol–water partition coefficient (Wildman–Crippen LogP) is 3.25. The highest BCUT2D eigenvalue weighted by Gasteiger charge is 2.19. The van der Waals surface area contributed by atoms with Gasteiger partial charge in [0.05, 0.1) is 4.90 Å². The van der Waals surface area contributed by atoms with E-state index < -0.39 is 21.7 Å². The molecule has 0 radical (unpaired) electrons. The first-order chi connectivity index (χ1) is 11.2. The molecule has 2 aromatic carbocycles. The van der Waals surface area contributed by atoms with Gasteiger partial charge >= 0.3 is 0 Å². The fourth-order valence-electron chi connectivity index (χ4n) is 2.57. The van der Waals surface area contributed by atoms with Crippen molar-refractivity contribution < 1.29 is 21.9 Å². The number of sulfonamides is 1. The lowest BCUT2D eigenvalue weighted by Gasteiger charge is -2.13. The number of ether oxygens (including phenoxy) is 1. The van der Waals surface area contributed by atoms with Gasteiger partial charge < -0.3 is 4.74 Å². The third-order valence-corrected chi connectivity index (χ3v) is 5.19. The molecular weight excluding hydrogens is 336 g/mol. The number of halogens is 2. The summed E-state index contributed by atoms with van der Waals surface area (Å²) in [5.41, 5.74) is 2.33. The fourth-order valence-corrected chi connectivity index (χ4v) is 4.04. The maximum Gasteiger partial charge on any atom is 0.241 e. The van der Waals surface area contributed by atoms with Crippen molar-refractivity contribution >= 4 is 10.0 Å². The van der Waals surface area contributed by atoms with E-state index >= 15 is 0 Å². The molecule has 0 amide bonds. The van der Waals surface area contributed by atoms with E-state index in [1.807, 2.05) is 6.92 Å². The second-order valence-electron chi connectivity index (χ2n) is 5.55. The molecule has 4 nitrogen and oxygen atoms in total. The summed E-state index contributed by atoms with van der Waals surface area (Å²) < 4.78 is 58.4. The SMILES string of the molecule is Cc1cc(C)c(S(=O)(=O)NCCOc2ccc(F)c(F)c2)c(C)c1. The van der Waals surface area contributed by atoms with Crippen LogP contribution in [-0.2, 0) is 10.0 Å². The van der Waals surface area contributed by atoms with Crippen LogP contribution in [0.1, 0.15) is 16.7 Å². The van der Waals surface area contributed by atoms with E-state index in [2.05, 4.69) is 4.72 Å². The van der Waals surface area contributed by atoms with Gasteiger partial charge in [-0.2, -0.15) is 0 Å². The van der Waals surface area contributed by atoms with Crippen LogP contribution in [0.5, 0.6) is 5.75 Å². The third kappa shape index (κ3) is 4.30. The molecule has 0 aliphatic rings. The number of benzene rings is 2. The van der Waals surface area contributed by atoms with Crippen molar-refractivity contribution in [3.05, 3.63) is 58.7 Å². The van der Waals surface area contributed by atoms with Gasteiger partial charge in [0, 0.05) is 12.6 Å². The average Bonchev–Trinajstić information content (AvgIpc) is 2.45. The molecule has 0 aliphatic heterocycles. The molecule has 0 saturated carbocycles. The van der Waals surface area contributed by atoms with Gasteiger partial charge in [0.1, 0.15) is 12.4 Å². The van der Waals surface area contributed by atoms with Crippen molar-refractivity contribution in [2.45, 2.75) is 25.7 Å². The average molecular weight is 355 g/mol. The Kier molecular flexibility index (Phi) is 5.56. The van der Waals surface area contributed by atoms with Gasteiger partial charge in [0.15, 0.2) is 11.6 Å². The van der Waals surface area contributed by atoms with Crippen LogP contribution in [0, 0.1) is 32.4 Å². The maximum absolute atomic E-state index is 13.1. The molecule has 0 fully saturated rings. The Morgan fingerprint density at radius 2 is 1.62 bits per heavy atom. The van der Waals surface area contributed by atoms with Crippen LogP contribution in [0.25, 0.3) is 0 Å². The fraction of sp³-hybridized carbons (Fsp3) is 0.294. The van der Waals surface area contributed by atoms with Gasteiger partial charge in [-0.3, -0.25) is 0 Å². The summed E-state index contributed by atoms with van der Waals surface area (Å²) in [6, 6.07) is 6.76. The van der Waals surface area contributed by atoms with E-state index in [1.54, 1.807) is 26.0 Å². The Morgan fingerprint density at radius 3 is 2.21 bits per heavy atom. The minimum Gasteiger partial charge on any atom is -0.492 e. The van der Waals surface area contributed by atoms with Crippen LogP contribution in [0.15, 0.2) is 35.2 Å². The molecule has 0 aromatic heterocycles. The van der Waals surface area contributed by atoms with Gasteiger partial charge in [-0.15, -0.1) is 0 Å². The van der Waals surface area contributed by atoms with Gasteiger partial charge in [-0.1, -0.05) is 17.7 Å². The summed E-state index contributed by atoms with van der Waals surface area (Å²) in [5.74, 6) is -1.84. The molecule has 0 unspecified atom stereocenters. The van der Waals surface area contributed by atoms with Crippen molar-refractivity contribution in [1.82, 2.24) is 4.72 Å². The minimum absolute atomic E-state index is 0.00570. The zero-order valence-electron chi connectivity index (χ0n) is 13.7. The van der Waals surface area contributed by atoms with Crippen LogP contribution in [0.2, 0.25) is 0 Å². The topological polar surface area (TPSA) is 55.4 Å². The van der Waals surface area contributed by atoms with Gasteiger partial charge in [0.2, 0.25) is 10.0 Å². The summed E-state index contributed by atoms with van der Waals surface area (Å²) in [4.78, 5) is 0.251. The molecule has 7 heteroatoms. The lowest BCUT2D eigenvalue weighted by molar-refractivity contribution is 0.319. The smallest absolute Gasteiger partial charge is 0.241 e. The highest BCUT2D eigenvalue weighted by molar-refractivity contribution is 7.89. The third-order valence-electron chi connectivity index (χ3n) is 3.43. The van der Waals surface area contributed by atoms with Crippen molar-refractivity contribution in [3.8, 4) is 5.75 Å². The van der Waals surface area contributed by atoms with Gasteiger partial charge in [0.25, 0.3) is 0 Å². The number of hydrogen-bond acceptors (Lipinski definition) is 3. The van der Waals surface area contributed by atoms with Crippen LogP contribution in [-0.4, -0.2) is 21.6 Å². The molecule has 1 N–H and O–H groups in total. The van der Waals surface area contributed by atoms with E-state index in [9.17, 15) is 17.2 Å². The lowest BCUT2D eigenvalue weighted by atomic mass is 10.1. The Balaban J connectivity index is 2.00. The summed E-state index contributed by atoms with van der Waals surface area (Å²) in [5, 5.41) is 0. The molecule has 2 rings (SSSR count). The second kappa shape index (κ2) is 7.27. The van der Waals surface area contributed by atoms with Crippen LogP contribution >= 0.6 is 0 Å². The second-order valence-corrected chi connectivity index (χ2v) is 7.25. The van der Waals surface area contributed by atoms with Crippen molar-refractivity contribution in [2.24, 2.45) is 0 Å². The molecule has 0 aliphatic carbocycles. The Hall–Kier alpha value is -1.99. The Morgan fingerprint density at radius 1 is 1.00 bits per heavy atom. The standard InChI is InChI=1S/C17H19F2NO3S/c1-11-8-12(2)17(13(3)9-11)24(21,22)20-6-7-23-14-4-5-15(18)16(19)10-14/h4-5,8-10,20H,6-7H2,1-3H3. The van der Waals surface area contributed by atoms with Crippen LogP contribution < -0.4 is 9.46 Å². The highest BCUT2D eigenvalue weighted by atomic mass is 32.2. The largest absolute Gasteiger partial charge is 0.492 e. The highest BCUT2D eigenvalue weighted by Crippen LogP contribution is 2.21. The van der Waals surface area contributed by atoms with E-state index in [4.69, 9.17) is 4.74 Å². The monoisotopic (exact) mass is 355 g/mol. The summed E-state index contributed by atoms with van der Waals surface area (Å²) in [6.07, 6.45) is 0. The predicted molar refractivity (Wildman–Crippen MR) is 87.7 cm³/mol. The van der Waals surface area contributed by atoms with Gasteiger partial charge in [-0.05, 0) is 44.0 Å². The number of hydrogen-bond donors (Lipinski definition) is 1. The van der Waals surface area contributed by atoms with E-state index in [0.29, 0.717) is 11.1 Å². The quantitative estimate of drug-likeness (QED) is 0.810. The normalized spacial score (nSPS) is 11.5. The first-order valence-corrected chi connectivity index (χ1v) is 8.84. The van der Waals surface area contributed by atoms with Crippen molar-refractivity contribution in [2.75, 3.05) is 13.2 Å². The number of nitrogens with one attached hydrogen (secondary N) is 1. The van der Waals surface area contributed by atoms with E-state index in [-0.39, 0.29) is 23.8 Å². The molecule has 0 spiro atoms. The first kappa shape index (κ1) is 18.4. The minimum atomic E-state index is -3.67. The molecule has 0 saturated heterocycles. The zero-order valence-corrected chi connectivity index (χ0v) is 14.5. The van der Waals surface area contributed by atoms with Gasteiger partial charge in [-0.25, -0.2) is 21.9 Å². The van der Waals surface area contributed by atoms with Crippen molar-refractivity contribution in [1.29, 1.82) is 0 Å². The molecule has 24 heavy (non-hydrogen) atoms. The molecular formula is C17H19F2NO3S. The number of rotatable bonds is 6. The maximum atomic E-state index is 13.1. The summed E-state index contributed by atoms with van der Waals surface area (Å²) in [7, 11) is -3.67. The van der Waals surface area contributed by atoms with E-state index in [0.717, 1.165) is 17.7 Å². The molecule has 2 aromatic rings. The van der Waals surface area contributed by atoms with E-state index in [1.165, 1.54) is 6.07 Å². The first-order valence-electron chi connectivity index (χ1n) is 7.36. The van der Waals surface area contributed by atoms with Crippen LogP contribution in [0.3, 0.4) is 0 Å². The molecule has 0 atom stereocenters. The van der Waals surface area contributed by atoms with Crippen LogP contribution in [0.4, 0.5) is 8.78 Å². The summed E-state index contributed by atoms with van der Waals surface area (Å²) >= 11 is 0. The van der Waals surface area contributed by atoms with Crippen molar-refractivity contribution in [3.63, 3.8) is 0 Å². The number of aryl methyl sites for hydroxylation is 3.